The Morgan fingerprint density at radius 3 is 2.79 bits per heavy atom. The Morgan fingerprint density at radius 1 is 1.53 bits per heavy atom. The molecule has 0 bridgehead atoms. The van der Waals surface area contributed by atoms with Gasteiger partial charge in [-0.3, -0.25) is 4.79 Å². The Labute approximate surface area is 116 Å². The Bertz CT molecular complexity index is 434. The summed E-state index contributed by atoms with van der Waals surface area (Å²) in [7, 11) is 0. The van der Waals surface area contributed by atoms with E-state index in [1.54, 1.807) is 0 Å². The van der Waals surface area contributed by atoms with Gasteiger partial charge in [0.05, 0.1) is 13.0 Å². The lowest BCUT2D eigenvalue weighted by atomic mass is 10.1. The molecule has 7 heteroatoms. The van der Waals surface area contributed by atoms with Crippen LogP contribution in [0, 0.1) is 6.92 Å². The fourth-order valence-electron chi connectivity index (χ4n) is 1.66. The maximum absolute atomic E-state index is 11.7. The number of carboxylic acids is 1. The Kier molecular flexibility index (Phi) is 6.27. The summed E-state index contributed by atoms with van der Waals surface area (Å²) in [6.07, 6.45) is 1.41. The van der Waals surface area contributed by atoms with E-state index in [0.29, 0.717) is 13.0 Å². The minimum absolute atomic E-state index is 0.0579. The van der Waals surface area contributed by atoms with Crippen molar-refractivity contribution in [2.75, 3.05) is 0 Å². The summed E-state index contributed by atoms with van der Waals surface area (Å²) in [5, 5.41) is 16.9. The second kappa shape index (κ2) is 7.73. The highest BCUT2D eigenvalue weighted by atomic mass is 32.1. The van der Waals surface area contributed by atoms with Crippen molar-refractivity contribution in [2.45, 2.75) is 45.7 Å². The molecule has 19 heavy (non-hydrogen) atoms. The SMILES string of the molecule is CCCC(CC(=O)O)NC(=O)NCc1nc(C)cs1. The van der Waals surface area contributed by atoms with Crippen molar-refractivity contribution in [1.82, 2.24) is 15.6 Å². The van der Waals surface area contributed by atoms with E-state index in [0.717, 1.165) is 17.1 Å². The van der Waals surface area contributed by atoms with Crippen LogP contribution in [-0.2, 0) is 11.3 Å². The molecule has 3 N–H and O–H groups in total. The molecule has 0 saturated heterocycles. The predicted octanol–water partition coefficient (Wildman–Crippen LogP) is 1.89. The summed E-state index contributed by atoms with van der Waals surface area (Å²) in [6.45, 7) is 4.20. The van der Waals surface area contributed by atoms with Gasteiger partial charge in [0.2, 0.25) is 0 Å². The minimum Gasteiger partial charge on any atom is -0.481 e. The van der Waals surface area contributed by atoms with E-state index >= 15 is 0 Å². The van der Waals surface area contributed by atoms with Crippen molar-refractivity contribution >= 4 is 23.3 Å². The maximum Gasteiger partial charge on any atom is 0.315 e. The van der Waals surface area contributed by atoms with Gasteiger partial charge < -0.3 is 15.7 Å². The molecule has 0 radical (unpaired) electrons. The van der Waals surface area contributed by atoms with Crippen LogP contribution in [0.1, 0.15) is 36.9 Å². The zero-order valence-electron chi connectivity index (χ0n) is 11.1. The number of thiazole rings is 1. The summed E-state index contributed by atoms with van der Waals surface area (Å²) in [5.41, 5.74) is 0.928. The first kappa shape index (κ1) is 15.4. The fourth-order valence-corrected chi connectivity index (χ4v) is 2.37. The highest BCUT2D eigenvalue weighted by Gasteiger charge is 2.15. The van der Waals surface area contributed by atoms with E-state index < -0.39 is 5.97 Å². The molecule has 1 aromatic rings. The first-order valence-corrected chi connectivity index (χ1v) is 7.06. The molecular formula is C12H19N3O3S. The number of nitrogens with one attached hydrogen (secondary N) is 2. The Balaban J connectivity index is 2.37. The van der Waals surface area contributed by atoms with Crippen LogP contribution in [0.15, 0.2) is 5.38 Å². The number of aryl methyl sites for hydroxylation is 1. The first-order chi connectivity index (χ1) is 9.01. The van der Waals surface area contributed by atoms with Crippen LogP contribution in [0.5, 0.6) is 0 Å². The Morgan fingerprint density at radius 2 is 2.26 bits per heavy atom. The molecule has 1 unspecified atom stereocenters. The molecule has 0 saturated carbocycles. The van der Waals surface area contributed by atoms with Gasteiger partial charge in [0.15, 0.2) is 0 Å². The molecule has 6 nitrogen and oxygen atoms in total. The summed E-state index contributed by atoms with van der Waals surface area (Å²) in [5.74, 6) is -0.908. The van der Waals surface area contributed by atoms with Gasteiger partial charge in [-0.05, 0) is 13.3 Å². The normalized spacial score (nSPS) is 11.9. The first-order valence-electron chi connectivity index (χ1n) is 6.18. The number of carbonyl (C=O) groups is 2. The van der Waals surface area contributed by atoms with E-state index in [1.165, 1.54) is 11.3 Å². The molecule has 0 aliphatic rings. The van der Waals surface area contributed by atoms with E-state index in [9.17, 15) is 9.59 Å². The zero-order valence-corrected chi connectivity index (χ0v) is 11.9. The lowest BCUT2D eigenvalue weighted by molar-refractivity contribution is -0.137. The van der Waals surface area contributed by atoms with Crippen LogP contribution in [-0.4, -0.2) is 28.1 Å². The number of carboxylic acid groups (broad SMARTS) is 1. The van der Waals surface area contributed by atoms with E-state index in [2.05, 4.69) is 15.6 Å². The van der Waals surface area contributed by atoms with Crippen molar-refractivity contribution < 1.29 is 14.7 Å². The van der Waals surface area contributed by atoms with E-state index in [-0.39, 0.29) is 18.5 Å². The average molecular weight is 285 g/mol. The summed E-state index contributed by atoms with van der Waals surface area (Å²) in [4.78, 5) is 26.5. The van der Waals surface area contributed by atoms with Crippen LogP contribution in [0.3, 0.4) is 0 Å². The Hall–Kier alpha value is -1.63. The highest BCUT2D eigenvalue weighted by molar-refractivity contribution is 7.09. The van der Waals surface area contributed by atoms with Gasteiger partial charge in [-0.2, -0.15) is 0 Å². The summed E-state index contributed by atoms with van der Waals surface area (Å²) >= 11 is 1.48. The molecule has 2 amide bonds. The second-order valence-corrected chi connectivity index (χ2v) is 5.24. The number of aromatic nitrogens is 1. The van der Waals surface area contributed by atoms with Gasteiger partial charge in [0.1, 0.15) is 5.01 Å². The van der Waals surface area contributed by atoms with Crippen molar-refractivity contribution in [1.29, 1.82) is 0 Å². The van der Waals surface area contributed by atoms with Crippen molar-refractivity contribution in [3.8, 4) is 0 Å². The number of aliphatic carboxylic acids is 1. The number of carbonyl (C=O) groups excluding carboxylic acids is 1. The van der Waals surface area contributed by atoms with E-state index in [4.69, 9.17) is 5.11 Å². The third kappa shape index (κ3) is 6.19. The smallest absolute Gasteiger partial charge is 0.315 e. The maximum atomic E-state index is 11.7. The molecular weight excluding hydrogens is 266 g/mol. The van der Waals surface area contributed by atoms with Crippen LogP contribution in [0.4, 0.5) is 4.79 Å². The molecule has 1 aromatic heterocycles. The average Bonchev–Trinajstić information content (AvgIpc) is 2.72. The van der Waals surface area contributed by atoms with Crippen LogP contribution in [0.25, 0.3) is 0 Å². The van der Waals surface area contributed by atoms with Crippen molar-refractivity contribution in [3.63, 3.8) is 0 Å². The van der Waals surface area contributed by atoms with Gasteiger partial charge in [0, 0.05) is 17.1 Å². The molecule has 1 rings (SSSR count). The molecule has 0 aliphatic carbocycles. The molecule has 0 spiro atoms. The third-order valence-corrected chi connectivity index (χ3v) is 3.43. The number of hydrogen-bond donors (Lipinski definition) is 3. The standard InChI is InChI=1S/C12H19N3O3S/c1-3-4-9(5-11(16)17)15-12(18)13-6-10-14-8(2)7-19-10/h7,9H,3-6H2,1-2H3,(H,16,17)(H2,13,15,18). The van der Waals surface area contributed by atoms with Gasteiger partial charge in [-0.25, -0.2) is 9.78 Å². The quantitative estimate of drug-likeness (QED) is 0.713. The van der Waals surface area contributed by atoms with Crippen molar-refractivity contribution in [3.05, 3.63) is 16.1 Å². The number of rotatable bonds is 7. The van der Waals surface area contributed by atoms with E-state index in [1.807, 2.05) is 19.2 Å². The van der Waals surface area contributed by atoms with Crippen LogP contribution in [0.2, 0.25) is 0 Å². The number of hydrogen-bond acceptors (Lipinski definition) is 4. The second-order valence-electron chi connectivity index (χ2n) is 4.29. The van der Waals surface area contributed by atoms with Gasteiger partial charge in [-0.15, -0.1) is 11.3 Å². The zero-order chi connectivity index (χ0) is 14.3. The predicted molar refractivity (Wildman–Crippen MR) is 73.2 cm³/mol. The third-order valence-electron chi connectivity index (χ3n) is 2.46. The van der Waals surface area contributed by atoms with Gasteiger partial charge >= 0.3 is 12.0 Å². The topological polar surface area (TPSA) is 91.3 Å². The molecule has 0 fully saturated rings. The monoisotopic (exact) mass is 285 g/mol. The molecule has 0 aromatic carbocycles. The largest absolute Gasteiger partial charge is 0.481 e. The number of amides is 2. The summed E-state index contributed by atoms with van der Waals surface area (Å²) in [6, 6.07) is -0.687. The van der Waals surface area contributed by atoms with Gasteiger partial charge in [0.25, 0.3) is 0 Å². The number of urea groups is 1. The lowest BCUT2D eigenvalue weighted by Crippen LogP contribution is -2.42. The van der Waals surface area contributed by atoms with Crippen molar-refractivity contribution in [2.24, 2.45) is 0 Å². The lowest BCUT2D eigenvalue weighted by Gasteiger charge is -2.16. The molecule has 1 atom stereocenters. The van der Waals surface area contributed by atoms with Gasteiger partial charge in [-0.1, -0.05) is 13.3 Å². The highest BCUT2D eigenvalue weighted by Crippen LogP contribution is 2.08. The summed E-state index contributed by atoms with van der Waals surface area (Å²) < 4.78 is 0. The molecule has 106 valence electrons. The molecule has 1 heterocycles. The molecule has 0 aliphatic heterocycles. The van der Waals surface area contributed by atoms with Crippen LogP contribution >= 0.6 is 11.3 Å². The minimum atomic E-state index is -0.908. The van der Waals surface area contributed by atoms with Crippen LogP contribution < -0.4 is 10.6 Å². The fraction of sp³-hybridized carbons (Fsp3) is 0.583. The number of nitrogens with zero attached hydrogens (tertiary/aromatic N) is 1.